The van der Waals surface area contributed by atoms with Crippen molar-refractivity contribution in [1.29, 1.82) is 0 Å². The Hall–Kier alpha value is -1.02. The minimum atomic E-state index is 0.246. The van der Waals surface area contributed by atoms with Crippen LogP contribution in [0.5, 0.6) is 5.75 Å². The van der Waals surface area contributed by atoms with Crippen molar-refractivity contribution in [2.24, 2.45) is 0 Å². The largest absolute Gasteiger partial charge is 0.491 e. The van der Waals surface area contributed by atoms with Crippen LogP contribution in [0.3, 0.4) is 0 Å². The topological polar surface area (TPSA) is 21.3 Å². The molecule has 0 heterocycles. The van der Waals surface area contributed by atoms with E-state index in [1.165, 1.54) is 24.8 Å². The number of ether oxygens (including phenoxy) is 1. The molecular formula is C16H25NO. The second-order valence-corrected chi connectivity index (χ2v) is 5.65. The van der Waals surface area contributed by atoms with Crippen molar-refractivity contribution < 1.29 is 4.74 Å². The maximum atomic E-state index is 5.66. The second-order valence-electron chi connectivity index (χ2n) is 5.65. The summed E-state index contributed by atoms with van der Waals surface area (Å²) in [6.45, 7) is 7.54. The van der Waals surface area contributed by atoms with Crippen molar-refractivity contribution in [2.45, 2.75) is 58.1 Å². The molecule has 1 unspecified atom stereocenters. The van der Waals surface area contributed by atoms with Gasteiger partial charge in [0.25, 0.3) is 0 Å². The summed E-state index contributed by atoms with van der Waals surface area (Å²) in [5.74, 6) is 1.58. The standard InChI is InChI=1S/C16H25NO/c1-12(2)18-16-8-4-14(5-9-16)13(3)10-11-17-15-6-7-15/h4-5,8-9,12-13,15,17H,6-7,10-11H2,1-3H3. The quantitative estimate of drug-likeness (QED) is 0.793. The van der Waals surface area contributed by atoms with E-state index in [2.05, 4.69) is 50.4 Å². The highest BCUT2D eigenvalue weighted by atomic mass is 16.5. The molecule has 0 bridgehead atoms. The van der Waals surface area contributed by atoms with Gasteiger partial charge in [-0.25, -0.2) is 0 Å². The van der Waals surface area contributed by atoms with Crippen molar-refractivity contribution in [3.63, 3.8) is 0 Å². The van der Waals surface area contributed by atoms with Crippen molar-refractivity contribution in [3.8, 4) is 5.75 Å². The summed E-state index contributed by atoms with van der Waals surface area (Å²) in [4.78, 5) is 0. The van der Waals surface area contributed by atoms with Gasteiger partial charge in [-0.1, -0.05) is 19.1 Å². The van der Waals surface area contributed by atoms with Crippen LogP contribution in [-0.4, -0.2) is 18.7 Å². The Labute approximate surface area is 111 Å². The van der Waals surface area contributed by atoms with E-state index in [9.17, 15) is 0 Å². The van der Waals surface area contributed by atoms with E-state index in [1.54, 1.807) is 0 Å². The predicted octanol–water partition coefficient (Wildman–Crippen LogP) is 3.72. The third kappa shape index (κ3) is 4.34. The van der Waals surface area contributed by atoms with Crippen LogP contribution in [0.25, 0.3) is 0 Å². The summed E-state index contributed by atoms with van der Waals surface area (Å²) in [7, 11) is 0. The summed E-state index contributed by atoms with van der Waals surface area (Å²) < 4.78 is 5.66. The molecule has 18 heavy (non-hydrogen) atoms. The highest BCUT2D eigenvalue weighted by Crippen LogP contribution is 2.23. The third-order valence-electron chi connectivity index (χ3n) is 3.41. The van der Waals surface area contributed by atoms with E-state index in [0.717, 1.165) is 18.3 Å². The summed E-state index contributed by atoms with van der Waals surface area (Å²) >= 11 is 0. The van der Waals surface area contributed by atoms with Gasteiger partial charge in [0.15, 0.2) is 0 Å². The normalized spacial score (nSPS) is 16.9. The van der Waals surface area contributed by atoms with Crippen LogP contribution in [-0.2, 0) is 0 Å². The molecule has 2 nitrogen and oxygen atoms in total. The smallest absolute Gasteiger partial charge is 0.119 e. The third-order valence-corrected chi connectivity index (χ3v) is 3.41. The highest BCUT2D eigenvalue weighted by Gasteiger charge is 2.20. The molecule has 0 aliphatic heterocycles. The van der Waals surface area contributed by atoms with E-state index in [-0.39, 0.29) is 6.10 Å². The molecule has 1 atom stereocenters. The lowest BCUT2D eigenvalue weighted by Gasteiger charge is -2.14. The lowest BCUT2D eigenvalue weighted by molar-refractivity contribution is 0.242. The van der Waals surface area contributed by atoms with E-state index in [1.807, 2.05) is 0 Å². The van der Waals surface area contributed by atoms with Crippen molar-refractivity contribution in [1.82, 2.24) is 5.32 Å². The van der Waals surface area contributed by atoms with Crippen molar-refractivity contribution >= 4 is 0 Å². The molecule has 0 radical (unpaired) electrons. The van der Waals surface area contributed by atoms with Gasteiger partial charge in [0.05, 0.1) is 6.10 Å². The summed E-state index contributed by atoms with van der Waals surface area (Å²) in [6.07, 6.45) is 4.20. The molecule has 2 rings (SSSR count). The van der Waals surface area contributed by atoms with Crippen LogP contribution in [0.4, 0.5) is 0 Å². The molecule has 1 fully saturated rings. The lowest BCUT2D eigenvalue weighted by Crippen LogP contribution is -2.18. The number of benzene rings is 1. The lowest BCUT2D eigenvalue weighted by atomic mass is 9.98. The Kier molecular flexibility index (Phi) is 4.65. The van der Waals surface area contributed by atoms with Crippen LogP contribution in [0, 0.1) is 0 Å². The Bertz CT molecular complexity index is 354. The van der Waals surface area contributed by atoms with E-state index < -0.39 is 0 Å². The maximum Gasteiger partial charge on any atom is 0.119 e. The average Bonchev–Trinajstić information content (AvgIpc) is 3.13. The van der Waals surface area contributed by atoms with Crippen LogP contribution in [0.2, 0.25) is 0 Å². The molecular weight excluding hydrogens is 222 g/mol. The van der Waals surface area contributed by atoms with Gasteiger partial charge in [-0.05, 0) is 63.3 Å². The zero-order valence-corrected chi connectivity index (χ0v) is 11.8. The van der Waals surface area contributed by atoms with Crippen LogP contribution >= 0.6 is 0 Å². The second kappa shape index (κ2) is 6.24. The number of hydrogen-bond acceptors (Lipinski definition) is 2. The van der Waals surface area contributed by atoms with Gasteiger partial charge in [0.1, 0.15) is 5.75 Å². The molecule has 0 saturated heterocycles. The van der Waals surface area contributed by atoms with E-state index in [4.69, 9.17) is 4.74 Å². The monoisotopic (exact) mass is 247 g/mol. The van der Waals surface area contributed by atoms with Crippen LogP contribution in [0.15, 0.2) is 24.3 Å². The Balaban J connectivity index is 1.79. The van der Waals surface area contributed by atoms with Gasteiger partial charge >= 0.3 is 0 Å². The van der Waals surface area contributed by atoms with Crippen LogP contribution < -0.4 is 10.1 Å². The van der Waals surface area contributed by atoms with Crippen molar-refractivity contribution in [2.75, 3.05) is 6.54 Å². The minimum absolute atomic E-state index is 0.246. The van der Waals surface area contributed by atoms with E-state index in [0.29, 0.717) is 5.92 Å². The first-order valence-corrected chi connectivity index (χ1v) is 7.15. The summed E-state index contributed by atoms with van der Waals surface area (Å²) in [5, 5.41) is 3.57. The molecule has 1 aromatic carbocycles. The molecule has 0 amide bonds. The van der Waals surface area contributed by atoms with Gasteiger partial charge in [0.2, 0.25) is 0 Å². The van der Waals surface area contributed by atoms with Gasteiger partial charge in [0, 0.05) is 6.04 Å². The predicted molar refractivity (Wildman–Crippen MR) is 76.3 cm³/mol. The molecule has 2 heteroatoms. The van der Waals surface area contributed by atoms with Gasteiger partial charge in [-0.2, -0.15) is 0 Å². The average molecular weight is 247 g/mol. The number of hydrogen-bond donors (Lipinski definition) is 1. The first kappa shape index (κ1) is 13.4. The zero-order chi connectivity index (χ0) is 13.0. The number of nitrogens with one attached hydrogen (secondary N) is 1. The Morgan fingerprint density at radius 3 is 2.39 bits per heavy atom. The first-order chi connectivity index (χ1) is 8.65. The van der Waals surface area contributed by atoms with Gasteiger partial charge in [-0.15, -0.1) is 0 Å². The fourth-order valence-electron chi connectivity index (χ4n) is 2.11. The van der Waals surface area contributed by atoms with E-state index >= 15 is 0 Å². The highest BCUT2D eigenvalue weighted by molar-refractivity contribution is 5.29. The fourth-order valence-corrected chi connectivity index (χ4v) is 2.11. The molecule has 1 aliphatic carbocycles. The summed E-state index contributed by atoms with van der Waals surface area (Å²) in [6, 6.07) is 9.37. The molecule has 0 aromatic heterocycles. The molecule has 0 spiro atoms. The van der Waals surface area contributed by atoms with Crippen LogP contribution in [0.1, 0.15) is 51.5 Å². The Morgan fingerprint density at radius 2 is 1.83 bits per heavy atom. The Morgan fingerprint density at radius 1 is 1.17 bits per heavy atom. The minimum Gasteiger partial charge on any atom is -0.491 e. The van der Waals surface area contributed by atoms with Gasteiger partial charge in [-0.3, -0.25) is 0 Å². The zero-order valence-electron chi connectivity index (χ0n) is 11.8. The fraction of sp³-hybridized carbons (Fsp3) is 0.625. The molecule has 100 valence electrons. The van der Waals surface area contributed by atoms with Gasteiger partial charge < -0.3 is 10.1 Å². The molecule has 1 saturated carbocycles. The molecule has 1 aromatic rings. The SMILES string of the molecule is CC(C)Oc1ccc(C(C)CCNC2CC2)cc1. The maximum absolute atomic E-state index is 5.66. The summed E-state index contributed by atoms with van der Waals surface area (Å²) in [5.41, 5.74) is 1.41. The molecule has 1 aliphatic rings. The number of rotatable bonds is 7. The molecule has 1 N–H and O–H groups in total. The van der Waals surface area contributed by atoms with Crippen molar-refractivity contribution in [3.05, 3.63) is 29.8 Å². The first-order valence-electron chi connectivity index (χ1n) is 7.15.